The summed E-state index contributed by atoms with van der Waals surface area (Å²) in [6.07, 6.45) is 1.94. The van der Waals surface area contributed by atoms with E-state index in [1.54, 1.807) is 19.1 Å². The Hall–Kier alpha value is -1.42. The maximum Gasteiger partial charge on any atom is 0.529 e. The molecular weight excluding hydrogens is 265 g/mol. The first kappa shape index (κ1) is 14.0. The van der Waals surface area contributed by atoms with Crippen molar-refractivity contribution >= 4 is 18.7 Å². The van der Waals surface area contributed by atoms with Crippen molar-refractivity contribution in [1.29, 1.82) is 0 Å². The Balaban J connectivity index is 2.36. The van der Waals surface area contributed by atoms with E-state index in [2.05, 4.69) is 0 Å². The van der Waals surface area contributed by atoms with Gasteiger partial charge in [0.1, 0.15) is 12.8 Å². The molecular formula is C13H17NO4P+. The molecule has 1 aromatic carbocycles. The molecule has 0 amide bonds. The fourth-order valence-electron chi connectivity index (χ4n) is 1.79. The van der Waals surface area contributed by atoms with Gasteiger partial charge < -0.3 is 4.52 Å². The minimum Gasteiger partial charge on any atom is -0.404 e. The Labute approximate surface area is 112 Å². The van der Waals surface area contributed by atoms with E-state index in [9.17, 15) is 4.57 Å². The molecule has 1 aromatic heterocycles. The minimum absolute atomic E-state index is 0.256. The summed E-state index contributed by atoms with van der Waals surface area (Å²) in [6, 6.07) is 9.41. The van der Waals surface area contributed by atoms with Crippen LogP contribution in [0.5, 0.6) is 5.75 Å². The molecule has 1 unspecified atom stereocenters. The summed E-state index contributed by atoms with van der Waals surface area (Å²) in [4.78, 5) is 0. The van der Waals surface area contributed by atoms with Gasteiger partial charge in [-0.15, -0.1) is 0 Å². The van der Waals surface area contributed by atoms with Crippen LogP contribution in [-0.2, 0) is 20.7 Å². The second-order valence-electron chi connectivity index (χ2n) is 3.98. The Morgan fingerprint density at radius 1 is 1.32 bits per heavy atom. The van der Waals surface area contributed by atoms with Crippen LogP contribution in [0.15, 0.2) is 36.5 Å². The van der Waals surface area contributed by atoms with Crippen molar-refractivity contribution in [2.45, 2.75) is 6.92 Å². The zero-order valence-corrected chi connectivity index (χ0v) is 12.1. The first-order valence-electron chi connectivity index (χ1n) is 5.96. The van der Waals surface area contributed by atoms with Crippen molar-refractivity contribution in [3.63, 3.8) is 0 Å². The molecule has 0 aliphatic heterocycles. The third-order valence-corrected chi connectivity index (χ3v) is 4.15. The summed E-state index contributed by atoms with van der Waals surface area (Å²) in [7, 11) is -0.286. The Morgan fingerprint density at radius 3 is 2.79 bits per heavy atom. The van der Waals surface area contributed by atoms with E-state index in [0.29, 0.717) is 5.75 Å². The highest BCUT2D eigenvalue weighted by Gasteiger charge is 2.26. The number of aromatic nitrogens is 1. The first-order valence-corrected chi connectivity index (χ1v) is 7.42. The average molecular weight is 282 g/mol. The van der Waals surface area contributed by atoms with E-state index in [1.165, 1.54) is 7.11 Å². The van der Waals surface area contributed by atoms with E-state index in [1.807, 2.05) is 36.0 Å². The van der Waals surface area contributed by atoms with Gasteiger partial charge in [0.15, 0.2) is 6.20 Å². The van der Waals surface area contributed by atoms with Crippen LogP contribution >= 0.6 is 7.82 Å². The van der Waals surface area contributed by atoms with Crippen LogP contribution in [0.2, 0.25) is 0 Å². The number of phosphoric acid groups is 1. The molecule has 0 N–H and O–H groups in total. The van der Waals surface area contributed by atoms with E-state index >= 15 is 0 Å². The zero-order chi connectivity index (χ0) is 13.9. The Morgan fingerprint density at radius 2 is 2.11 bits per heavy atom. The standard InChI is InChI=1S/C13H17NO4P/c1-4-17-19(15,16-3)18-12-8-7-11-6-5-9-14(2)13(11)10-12/h5-10H,4H2,1-3H3/q+1. The minimum atomic E-state index is -3.52. The van der Waals surface area contributed by atoms with E-state index in [4.69, 9.17) is 13.6 Å². The SMILES string of the molecule is CCOP(=O)(OC)Oc1ccc2ccc[n+](C)c2c1. The van der Waals surface area contributed by atoms with Gasteiger partial charge in [-0.05, 0) is 25.1 Å². The van der Waals surface area contributed by atoms with Crippen molar-refractivity contribution in [2.75, 3.05) is 13.7 Å². The summed E-state index contributed by atoms with van der Waals surface area (Å²) in [6.45, 7) is 1.99. The molecule has 0 bridgehead atoms. The number of phosphoric ester groups is 1. The monoisotopic (exact) mass is 282 g/mol. The van der Waals surface area contributed by atoms with Crippen LogP contribution in [0.25, 0.3) is 10.9 Å². The lowest BCUT2D eigenvalue weighted by Gasteiger charge is -2.15. The Kier molecular flexibility index (Phi) is 4.20. The molecule has 0 spiro atoms. The van der Waals surface area contributed by atoms with Crippen LogP contribution in [0.4, 0.5) is 0 Å². The maximum atomic E-state index is 12.1. The van der Waals surface area contributed by atoms with Crippen LogP contribution < -0.4 is 9.09 Å². The molecule has 0 aliphatic carbocycles. The molecule has 0 fully saturated rings. The molecule has 1 atom stereocenters. The van der Waals surface area contributed by atoms with Gasteiger partial charge in [0.25, 0.3) is 0 Å². The number of rotatable bonds is 5. The van der Waals surface area contributed by atoms with Gasteiger partial charge in [-0.25, -0.2) is 9.13 Å². The first-order chi connectivity index (χ1) is 9.08. The summed E-state index contributed by atoms with van der Waals surface area (Å²) in [5, 5.41) is 1.07. The topological polar surface area (TPSA) is 48.6 Å². The number of fused-ring (bicyclic) bond motifs is 1. The second-order valence-corrected chi connectivity index (χ2v) is 5.68. The van der Waals surface area contributed by atoms with Gasteiger partial charge in [0.05, 0.1) is 12.7 Å². The van der Waals surface area contributed by atoms with Crippen LogP contribution in [-0.4, -0.2) is 13.7 Å². The van der Waals surface area contributed by atoms with Gasteiger partial charge in [-0.2, -0.15) is 0 Å². The predicted molar refractivity (Wildman–Crippen MR) is 72.0 cm³/mol. The van der Waals surface area contributed by atoms with Gasteiger partial charge in [-0.1, -0.05) is 0 Å². The fraction of sp³-hybridized carbons (Fsp3) is 0.308. The number of aryl methyl sites for hydroxylation is 1. The molecule has 102 valence electrons. The van der Waals surface area contributed by atoms with Gasteiger partial charge >= 0.3 is 7.82 Å². The van der Waals surface area contributed by atoms with Gasteiger partial charge in [-0.3, -0.25) is 9.05 Å². The third kappa shape index (κ3) is 3.13. The third-order valence-electron chi connectivity index (χ3n) is 2.70. The molecule has 19 heavy (non-hydrogen) atoms. The normalized spacial score (nSPS) is 14.3. The highest BCUT2D eigenvalue weighted by atomic mass is 31.2. The Bertz CT molecular complexity index is 629. The van der Waals surface area contributed by atoms with Gasteiger partial charge in [0.2, 0.25) is 5.52 Å². The van der Waals surface area contributed by atoms with Crippen molar-refractivity contribution < 1.29 is 22.7 Å². The highest BCUT2D eigenvalue weighted by Crippen LogP contribution is 2.48. The molecule has 5 nitrogen and oxygen atoms in total. The lowest BCUT2D eigenvalue weighted by atomic mass is 10.2. The summed E-state index contributed by atoms with van der Waals surface area (Å²) in [5.41, 5.74) is 0.971. The molecule has 0 saturated heterocycles. The summed E-state index contributed by atoms with van der Waals surface area (Å²) in [5.74, 6) is 0.452. The van der Waals surface area contributed by atoms with E-state index in [0.717, 1.165) is 10.9 Å². The van der Waals surface area contributed by atoms with Crippen molar-refractivity contribution in [3.05, 3.63) is 36.5 Å². The van der Waals surface area contributed by atoms with E-state index in [-0.39, 0.29) is 6.61 Å². The van der Waals surface area contributed by atoms with Crippen molar-refractivity contribution in [3.8, 4) is 5.75 Å². The number of hydrogen-bond donors (Lipinski definition) is 0. The molecule has 6 heteroatoms. The average Bonchev–Trinajstić information content (AvgIpc) is 2.40. The highest BCUT2D eigenvalue weighted by molar-refractivity contribution is 7.48. The number of hydrogen-bond acceptors (Lipinski definition) is 4. The van der Waals surface area contributed by atoms with Gasteiger partial charge in [0, 0.05) is 18.6 Å². The quantitative estimate of drug-likeness (QED) is 0.625. The van der Waals surface area contributed by atoms with Crippen molar-refractivity contribution in [2.24, 2.45) is 7.05 Å². The van der Waals surface area contributed by atoms with Crippen molar-refractivity contribution in [1.82, 2.24) is 0 Å². The number of pyridine rings is 1. The van der Waals surface area contributed by atoms with E-state index < -0.39 is 7.82 Å². The predicted octanol–water partition coefficient (Wildman–Crippen LogP) is 2.83. The molecule has 0 radical (unpaired) electrons. The lowest BCUT2D eigenvalue weighted by molar-refractivity contribution is -0.644. The molecule has 0 saturated carbocycles. The summed E-state index contributed by atoms with van der Waals surface area (Å²) >= 11 is 0. The number of benzene rings is 1. The molecule has 1 heterocycles. The zero-order valence-electron chi connectivity index (χ0n) is 11.2. The van der Waals surface area contributed by atoms with Crippen LogP contribution in [0.3, 0.4) is 0 Å². The largest absolute Gasteiger partial charge is 0.529 e. The molecule has 0 aliphatic rings. The second kappa shape index (κ2) is 5.70. The smallest absolute Gasteiger partial charge is 0.404 e. The maximum absolute atomic E-state index is 12.1. The summed E-state index contributed by atoms with van der Waals surface area (Å²) < 4.78 is 29.3. The van der Waals surface area contributed by atoms with Crippen LogP contribution in [0, 0.1) is 0 Å². The number of nitrogens with zero attached hydrogens (tertiary/aromatic N) is 1. The lowest BCUT2D eigenvalue weighted by Crippen LogP contribution is -2.27. The van der Waals surface area contributed by atoms with Crippen LogP contribution in [0.1, 0.15) is 6.92 Å². The molecule has 2 rings (SSSR count). The fourth-order valence-corrected chi connectivity index (χ4v) is 2.71. The molecule has 2 aromatic rings.